The molecule has 0 radical (unpaired) electrons. The molecule has 1 heterocycles. The molecule has 0 spiro atoms. The Hall–Kier alpha value is -2.37. The lowest BCUT2D eigenvalue weighted by molar-refractivity contribution is -0.139. The van der Waals surface area contributed by atoms with Crippen LogP contribution in [-0.2, 0) is 16.0 Å². The summed E-state index contributed by atoms with van der Waals surface area (Å²) in [5.74, 6) is -1.35. The molecule has 1 aliphatic heterocycles. The average molecular weight is 288 g/mol. The third-order valence-corrected chi connectivity index (χ3v) is 3.91. The molecule has 1 atom stereocenters. The standard InChI is InChI=1S/C15H16N2O4/c18-12-6-4-9-7-10(3-5-11(9)16-12)14(19)17-13(15(20)21)8-1-2-8/h3,5,7-8,13H,1-2,4,6H2,(H,16,18)(H,17,19)(H,20,21). The van der Waals surface area contributed by atoms with Crippen molar-refractivity contribution in [2.45, 2.75) is 31.7 Å². The lowest BCUT2D eigenvalue weighted by Gasteiger charge is -2.18. The molecule has 0 bridgehead atoms. The highest BCUT2D eigenvalue weighted by molar-refractivity contribution is 5.99. The highest BCUT2D eigenvalue weighted by atomic mass is 16.4. The van der Waals surface area contributed by atoms with E-state index in [4.69, 9.17) is 5.11 Å². The van der Waals surface area contributed by atoms with Gasteiger partial charge < -0.3 is 15.7 Å². The third-order valence-electron chi connectivity index (χ3n) is 3.91. The van der Waals surface area contributed by atoms with E-state index in [1.165, 1.54) is 0 Å². The number of nitrogens with one attached hydrogen (secondary N) is 2. The quantitative estimate of drug-likeness (QED) is 0.774. The summed E-state index contributed by atoms with van der Waals surface area (Å²) in [5, 5.41) is 14.5. The first kappa shape index (κ1) is 13.6. The third kappa shape index (κ3) is 2.89. The number of hydrogen-bond donors (Lipinski definition) is 3. The maximum Gasteiger partial charge on any atom is 0.326 e. The van der Waals surface area contributed by atoms with Gasteiger partial charge in [-0.25, -0.2) is 4.79 Å². The van der Waals surface area contributed by atoms with Gasteiger partial charge in [0.25, 0.3) is 5.91 Å². The van der Waals surface area contributed by atoms with Gasteiger partial charge in [0.1, 0.15) is 6.04 Å². The highest BCUT2D eigenvalue weighted by Crippen LogP contribution is 2.33. The summed E-state index contributed by atoms with van der Waals surface area (Å²) in [5.41, 5.74) is 2.05. The predicted octanol–water partition coefficient (Wildman–Crippen LogP) is 1.16. The van der Waals surface area contributed by atoms with E-state index in [0.717, 1.165) is 24.1 Å². The molecule has 2 aliphatic rings. The highest BCUT2D eigenvalue weighted by Gasteiger charge is 2.37. The number of aliphatic carboxylic acids is 1. The molecule has 3 rings (SSSR count). The molecule has 0 saturated heterocycles. The summed E-state index contributed by atoms with van der Waals surface area (Å²) < 4.78 is 0. The van der Waals surface area contributed by atoms with Crippen LogP contribution in [0.25, 0.3) is 0 Å². The minimum absolute atomic E-state index is 0.0284. The minimum atomic E-state index is -0.990. The summed E-state index contributed by atoms with van der Waals surface area (Å²) in [7, 11) is 0. The number of hydrogen-bond acceptors (Lipinski definition) is 3. The fourth-order valence-corrected chi connectivity index (χ4v) is 2.56. The van der Waals surface area contributed by atoms with Gasteiger partial charge in [0.2, 0.25) is 5.91 Å². The van der Waals surface area contributed by atoms with Crippen LogP contribution in [0.3, 0.4) is 0 Å². The molecule has 21 heavy (non-hydrogen) atoms. The van der Waals surface area contributed by atoms with Crippen molar-refractivity contribution in [2.24, 2.45) is 5.92 Å². The van der Waals surface area contributed by atoms with E-state index in [1.54, 1.807) is 18.2 Å². The molecule has 6 heteroatoms. The Balaban J connectivity index is 1.75. The first-order valence-corrected chi connectivity index (χ1v) is 7.01. The topological polar surface area (TPSA) is 95.5 Å². The Morgan fingerprint density at radius 2 is 2.05 bits per heavy atom. The van der Waals surface area contributed by atoms with Gasteiger partial charge >= 0.3 is 5.97 Å². The Morgan fingerprint density at radius 3 is 2.71 bits per heavy atom. The normalized spacial score (nSPS) is 18.4. The van der Waals surface area contributed by atoms with E-state index in [0.29, 0.717) is 18.4 Å². The van der Waals surface area contributed by atoms with Gasteiger partial charge in [0, 0.05) is 17.7 Å². The molecule has 2 amide bonds. The van der Waals surface area contributed by atoms with Crippen molar-refractivity contribution in [1.29, 1.82) is 0 Å². The molecule has 1 saturated carbocycles. The second kappa shape index (κ2) is 5.20. The molecule has 1 unspecified atom stereocenters. The van der Waals surface area contributed by atoms with Crippen LogP contribution >= 0.6 is 0 Å². The van der Waals surface area contributed by atoms with Gasteiger partial charge in [-0.3, -0.25) is 9.59 Å². The number of anilines is 1. The molecule has 0 aromatic heterocycles. The second-order valence-corrected chi connectivity index (χ2v) is 5.55. The summed E-state index contributed by atoms with van der Waals surface area (Å²) in [6.45, 7) is 0. The second-order valence-electron chi connectivity index (χ2n) is 5.55. The molecule has 1 aliphatic carbocycles. The summed E-state index contributed by atoms with van der Waals surface area (Å²) >= 11 is 0. The van der Waals surface area contributed by atoms with Crippen molar-refractivity contribution in [2.75, 3.05) is 5.32 Å². The molecule has 6 nitrogen and oxygen atoms in total. The van der Waals surface area contributed by atoms with Crippen LogP contribution in [0.2, 0.25) is 0 Å². The SMILES string of the molecule is O=C1CCc2cc(C(=O)NC(C(=O)O)C3CC3)ccc2N1. The number of carbonyl (C=O) groups is 3. The zero-order valence-electron chi connectivity index (χ0n) is 11.4. The zero-order valence-corrected chi connectivity index (χ0v) is 11.4. The lowest BCUT2D eigenvalue weighted by atomic mass is 10.00. The molecule has 1 aromatic carbocycles. The van der Waals surface area contributed by atoms with Crippen molar-refractivity contribution in [3.63, 3.8) is 0 Å². The number of amides is 2. The van der Waals surface area contributed by atoms with Crippen LogP contribution in [0.5, 0.6) is 0 Å². The molecule has 1 aromatic rings. The lowest BCUT2D eigenvalue weighted by Crippen LogP contribution is -2.42. The monoisotopic (exact) mass is 288 g/mol. The number of carboxylic acids is 1. The number of fused-ring (bicyclic) bond motifs is 1. The van der Waals surface area contributed by atoms with E-state index >= 15 is 0 Å². The van der Waals surface area contributed by atoms with Crippen molar-refractivity contribution in [3.05, 3.63) is 29.3 Å². The molecule has 1 fully saturated rings. The first-order valence-electron chi connectivity index (χ1n) is 7.01. The number of benzene rings is 1. The van der Waals surface area contributed by atoms with Crippen LogP contribution in [0, 0.1) is 5.92 Å². The number of carboxylic acid groups (broad SMARTS) is 1. The first-order chi connectivity index (χ1) is 10.0. The number of rotatable bonds is 4. The Morgan fingerprint density at radius 1 is 1.29 bits per heavy atom. The number of carbonyl (C=O) groups excluding carboxylic acids is 2. The van der Waals surface area contributed by atoms with Crippen LogP contribution in [0.15, 0.2) is 18.2 Å². The average Bonchev–Trinajstić information content (AvgIpc) is 3.28. The largest absolute Gasteiger partial charge is 0.480 e. The Bertz CT molecular complexity index is 622. The van der Waals surface area contributed by atoms with E-state index < -0.39 is 12.0 Å². The van der Waals surface area contributed by atoms with Gasteiger partial charge in [0.05, 0.1) is 0 Å². The smallest absolute Gasteiger partial charge is 0.326 e. The van der Waals surface area contributed by atoms with Gasteiger partial charge in [-0.05, 0) is 48.9 Å². The van der Waals surface area contributed by atoms with Crippen molar-refractivity contribution in [1.82, 2.24) is 5.32 Å². The molecule has 110 valence electrons. The van der Waals surface area contributed by atoms with Gasteiger partial charge in [-0.2, -0.15) is 0 Å². The Kier molecular flexibility index (Phi) is 3.37. The van der Waals surface area contributed by atoms with Crippen molar-refractivity contribution < 1.29 is 19.5 Å². The van der Waals surface area contributed by atoms with E-state index in [1.807, 2.05) is 0 Å². The van der Waals surface area contributed by atoms with Crippen LogP contribution in [-0.4, -0.2) is 28.9 Å². The van der Waals surface area contributed by atoms with Crippen LogP contribution in [0.4, 0.5) is 5.69 Å². The summed E-state index contributed by atoms with van der Waals surface area (Å²) in [4.78, 5) is 34.6. The van der Waals surface area contributed by atoms with E-state index in [9.17, 15) is 14.4 Å². The summed E-state index contributed by atoms with van der Waals surface area (Å²) in [6, 6.07) is 4.20. The Labute approximate surface area is 121 Å². The predicted molar refractivity (Wildman–Crippen MR) is 75.0 cm³/mol. The van der Waals surface area contributed by atoms with Crippen LogP contribution < -0.4 is 10.6 Å². The molecule has 3 N–H and O–H groups in total. The number of aryl methyl sites for hydroxylation is 1. The zero-order chi connectivity index (χ0) is 15.0. The maximum absolute atomic E-state index is 12.2. The maximum atomic E-state index is 12.2. The molecular formula is C15H16N2O4. The fourth-order valence-electron chi connectivity index (χ4n) is 2.56. The van der Waals surface area contributed by atoms with Gasteiger partial charge in [-0.1, -0.05) is 0 Å². The minimum Gasteiger partial charge on any atom is -0.480 e. The summed E-state index contributed by atoms with van der Waals surface area (Å²) in [6.07, 6.45) is 2.67. The fraction of sp³-hybridized carbons (Fsp3) is 0.400. The van der Waals surface area contributed by atoms with Gasteiger partial charge in [-0.15, -0.1) is 0 Å². The molecular weight excluding hydrogens is 272 g/mol. The van der Waals surface area contributed by atoms with Gasteiger partial charge in [0.15, 0.2) is 0 Å². The van der Waals surface area contributed by atoms with Crippen LogP contribution in [0.1, 0.15) is 35.2 Å². The van der Waals surface area contributed by atoms with Crippen molar-refractivity contribution in [3.8, 4) is 0 Å². The van der Waals surface area contributed by atoms with E-state index in [2.05, 4.69) is 10.6 Å². The van der Waals surface area contributed by atoms with Crippen molar-refractivity contribution >= 4 is 23.5 Å². The van der Waals surface area contributed by atoms with E-state index in [-0.39, 0.29) is 17.7 Å².